The Balaban J connectivity index is 1.62. The van der Waals surface area contributed by atoms with E-state index in [1.165, 1.54) is 16.7 Å². The number of benzene rings is 3. The summed E-state index contributed by atoms with van der Waals surface area (Å²) in [6.45, 7) is 6.04. The van der Waals surface area contributed by atoms with E-state index in [1.807, 2.05) is 6.07 Å². The summed E-state index contributed by atoms with van der Waals surface area (Å²) in [6, 6.07) is 26.5. The molecule has 1 saturated heterocycles. The number of rotatable bonds is 7. The maximum atomic E-state index is 5.70. The zero-order valence-corrected chi connectivity index (χ0v) is 19.6. The van der Waals surface area contributed by atoms with Crippen molar-refractivity contribution in [2.45, 2.75) is 25.4 Å². The first-order chi connectivity index (χ1) is 15.6. The number of ether oxygens (including phenoxy) is 2. The molecule has 168 valence electrons. The zero-order valence-electron chi connectivity index (χ0n) is 19.6. The monoisotopic (exact) mass is 430 g/mol. The van der Waals surface area contributed by atoms with Crippen LogP contribution in [-0.4, -0.2) is 56.7 Å². The Hall–Kier alpha value is -2.82. The van der Waals surface area contributed by atoms with Crippen molar-refractivity contribution in [1.82, 2.24) is 9.80 Å². The number of hydrogen-bond donors (Lipinski definition) is 0. The highest BCUT2D eigenvalue weighted by atomic mass is 16.5. The molecule has 0 spiro atoms. The summed E-state index contributed by atoms with van der Waals surface area (Å²) in [7, 11) is 5.71. The molecule has 4 rings (SSSR count). The highest BCUT2D eigenvalue weighted by Crippen LogP contribution is 2.34. The number of piperazine rings is 1. The van der Waals surface area contributed by atoms with E-state index in [-0.39, 0.29) is 0 Å². The van der Waals surface area contributed by atoms with Crippen LogP contribution in [0.15, 0.2) is 72.8 Å². The number of nitrogens with zero attached hydrogens (tertiary/aromatic N) is 2. The van der Waals surface area contributed by atoms with E-state index in [1.54, 1.807) is 14.2 Å². The second kappa shape index (κ2) is 10.2. The largest absolute Gasteiger partial charge is 0.496 e. The molecule has 3 aromatic rings. The minimum Gasteiger partial charge on any atom is -0.496 e. The van der Waals surface area contributed by atoms with Gasteiger partial charge in [0.15, 0.2) is 0 Å². The third-order valence-electron chi connectivity index (χ3n) is 6.67. The summed E-state index contributed by atoms with van der Waals surface area (Å²) in [4.78, 5) is 5.09. The van der Waals surface area contributed by atoms with Gasteiger partial charge in [-0.15, -0.1) is 0 Å². The standard InChI is InChI=1S/C28H34N2O2/c1-21-17-24(27(32-4)18-26(21)31-3)19-30-16-15-29(2)25(20-30)28(22-11-7-5-8-12-22)23-13-9-6-10-14-23/h5-14,17-18,25,28H,15-16,19-20H2,1-4H3. The Morgan fingerprint density at radius 1 is 0.844 bits per heavy atom. The van der Waals surface area contributed by atoms with Crippen LogP contribution in [0.4, 0.5) is 0 Å². The highest BCUT2D eigenvalue weighted by Gasteiger charge is 2.33. The highest BCUT2D eigenvalue weighted by molar-refractivity contribution is 5.46. The van der Waals surface area contributed by atoms with Gasteiger partial charge >= 0.3 is 0 Å². The third-order valence-corrected chi connectivity index (χ3v) is 6.67. The topological polar surface area (TPSA) is 24.9 Å². The fourth-order valence-electron chi connectivity index (χ4n) is 4.92. The molecular formula is C28H34N2O2. The fourth-order valence-corrected chi connectivity index (χ4v) is 4.92. The molecule has 1 heterocycles. The van der Waals surface area contributed by atoms with Crippen molar-refractivity contribution >= 4 is 0 Å². The Bertz CT molecular complexity index is 967. The van der Waals surface area contributed by atoms with Gasteiger partial charge in [0.1, 0.15) is 11.5 Å². The molecule has 1 fully saturated rings. The van der Waals surface area contributed by atoms with Crippen LogP contribution in [0.1, 0.15) is 28.2 Å². The van der Waals surface area contributed by atoms with Crippen LogP contribution in [0.25, 0.3) is 0 Å². The normalized spacial score (nSPS) is 17.5. The molecule has 4 heteroatoms. The molecule has 0 amide bonds. The van der Waals surface area contributed by atoms with E-state index < -0.39 is 0 Å². The van der Waals surface area contributed by atoms with Crippen LogP contribution in [-0.2, 0) is 6.54 Å². The molecular weight excluding hydrogens is 396 g/mol. The molecule has 0 aromatic heterocycles. The Morgan fingerprint density at radius 2 is 1.44 bits per heavy atom. The summed E-state index contributed by atoms with van der Waals surface area (Å²) >= 11 is 0. The molecule has 3 aromatic carbocycles. The molecule has 1 aliphatic rings. The molecule has 4 nitrogen and oxygen atoms in total. The van der Waals surface area contributed by atoms with Crippen LogP contribution >= 0.6 is 0 Å². The quantitative estimate of drug-likeness (QED) is 0.529. The fraction of sp³-hybridized carbons (Fsp3) is 0.357. The van der Waals surface area contributed by atoms with Crippen molar-refractivity contribution in [3.05, 3.63) is 95.1 Å². The van der Waals surface area contributed by atoms with Crippen molar-refractivity contribution in [3.63, 3.8) is 0 Å². The molecule has 0 N–H and O–H groups in total. The van der Waals surface area contributed by atoms with Crippen molar-refractivity contribution < 1.29 is 9.47 Å². The van der Waals surface area contributed by atoms with Crippen molar-refractivity contribution in [2.75, 3.05) is 40.9 Å². The maximum Gasteiger partial charge on any atom is 0.127 e. The first-order valence-electron chi connectivity index (χ1n) is 11.3. The second-order valence-corrected chi connectivity index (χ2v) is 8.72. The van der Waals surface area contributed by atoms with Crippen LogP contribution < -0.4 is 9.47 Å². The number of hydrogen-bond acceptors (Lipinski definition) is 4. The Morgan fingerprint density at radius 3 is 2.00 bits per heavy atom. The molecule has 0 aliphatic carbocycles. The van der Waals surface area contributed by atoms with Gasteiger partial charge in [0.2, 0.25) is 0 Å². The van der Waals surface area contributed by atoms with Gasteiger partial charge in [0.05, 0.1) is 14.2 Å². The van der Waals surface area contributed by atoms with Crippen LogP contribution in [0.3, 0.4) is 0 Å². The maximum absolute atomic E-state index is 5.70. The van der Waals surface area contributed by atoms with E-state index in [4.69, 9.17) is 9.47 Å². The van der Waals surface area contributed by atoms with Gasteiger partial charge in [-0.1, -0.05) is 60.7 Å². The van der Waals surface area contributed by atoms with Crippen LogP contribution in [0.5, 0.6) is 11.5 Å². The summed E-state index contributed by atoms with van der Waals surface area (Å²) in [5.41, 5.74) is 5.09. The summed E-state index contributed by atoms with van der Waals surface area (Å²) in [5, 5.41) is 0. The summed E-state index contributed by atoms with van der Waals surface area (Å²) in [6.07, 6.45) is 0. The zero-order chi connectivity index (χ0) is 22.5. The van der Waals surface area contributed by atoms with Crippen molar-refractivity contribution in [1.29, 1.82) is 0 Å². The molecule has 32 heavy (non-hydrogen) atoms. The smallest absolute Gasteiger partial charge is 0.127 e. The van der Waals surface area contributed by atoms with E-state index in [0.717, 1.165) is 43.2 Å². The van der Waals surface area contributed by atoms with Gasteiger partial charge in [-0.25, -0.2) is 0 Å². The summed E-state index contributed by atoms with van der Waals surface area (Å²) < 4.78 is 11.2. The minimum atomic E-state index is 0.324. The average molecular weight is 431 g/mol. The SMILES string of the molecule is COc1cc(OC)c(CN2CCN(C)C(C(c3ccccc3)c3ccccc3)C2)cc1C. The van der Waals surface area contributed by atoms with E-state index in [0.29, 0.717) is 12.0 Å². The molecule has 1 unspecified atom stereocenters. The molecule has 0 radical (unpaired) electrons. The number of aryl methyl sites for hydroxylation is 1. The van der Waals surface area contributed by atoms with E-state index in [9.17, 15) is 0 Å². The lowest BCUT2D eigenvalue weighted by molar-refractivity contribution is 0.0810. The van der Waals surface area contributed by atoms with Crippen LogP contribution in [0, 0.1) is 6.92 Å². The average Bonchev–Trinajstić information content (AvgIpc) is 2.83. The van der Waals surface area contributed by atoms with Gasteiger partial charge in [-0.2, -0.15) is 0 Å². The second-order valence-electron chi connectivity index (χ2n) is 8.72. The van der Waals surface area contributed by atoms with Crippen LogP contribution in [0.2, 0.25) is 0 Å². The number of methoxy groups -OCH3 is 2. The first kappa shape index (κ1) is 22.4. The van der Waals surface area contributed by atoms with Gasteiger partial charge in [-0.05, 0) is 36.7 Å². The van der Waals surface area contributed by atoms with Crippen molar-refractivity contribution in [3.8, 4) is 11.5 Å². The molecule has 1 aliphatic heterocycles. The lowest BCUT2D eigenvalue weighted by Gasteiger charge is -2.43. The number of likely N-dealkylation sites (N-methyl/N-ethyl adjacent to an activating group) is 1. The third kappa shape index (κ3) is 4.82. The minimum absolute atomic E-state index is 0.324. The predicted octanol–water partition coefficient (Wildman–Crippen LogP) is 4.96. The van der Waals surface area contributed by atoms with Gasteiger partial charge < -0.3 is 9.47 Å². The van der Waals surface area contributed by atoms with Crippen molar-refractivity contribution in [2.24, 2.45) is 0 Å². The summed E-state index contributed by atoms with van der Waals surface area (Å²) in [5.74, 6) is 2.09. The Kier molecular flexibility index (Phi) is 7.13. The van der Waals surface area contributed by atoms with E-state index in [2.05, 4.69) is 90.5 Å². The molecule has 0 saturated carbocycles. The van der Waals surface area contributed by atoms with Gasteiger partial charge in [-0.3, -0.25) is 9.80 Å². The molecule has 0 bridgehead atoms. The first-order valence-corrected chi connectivity index (χ1v) is 11.3. The predicted molar refractivity (Wildman–Crippen MR) is 131 cm³/mol. The van der Waals surface area contributed by atoms with Gasteiger partial charge in [0.25, 0.3) is 0 Å². The lowest BCUT2D eigenvalue weighted by Crippen LogP contribution is -2.53. The van der Waals surface area contributed by atoms with Gasteiger partial charge in [0, 0.05) is 49.8 Å². The van der Waals surface area contributed by atoms with E-state index >= 15 is 0 Å². The lowest BCUT2D eigenvalue weighted by atomic mass is 9.83. The Labute approximate surface area is 192 Å². The molecule has 1 atom stereocenters.